The van der Waals surface area contributed by atoms with Gasteiger partial charge in [0, 0.05) is 5.69 Å². The van der Waals surface area contributed by atoms with Crippen molar-refractivity contribution in [2.45, 2.75) is 24.7 Å². The average molecular weight is 292 g/mol. The number of anilines is 1. The number of sulfonamides is 2. The molecule has 0 aromatic heterocycles. The third kappa shape index (κ3) is 4.28. The van der Waals surface area contributed by atoms with E-state index in [1.54, 1.807) is 4.13 Å². The van der Waals surface area contributed by atoms with Crippen molar-refractivity contribution in [1.29, 1.82) is 0 Å². The maximum absolute atomic E-state index is 11.8. The van der Waals surface area contributed by atoms with E-state index in [9.17, 15) is 16.8 Å². The van der Waals surface area contributed by atoms with Gasteiger partial charge in [-0.2, -0.15) is 0 Å². The highest BCUT2D eigenvalue weighted by Crippen LogP contribution is 2.12. The minimum atomic E-state index is -4.06. The summed E-state index contributed by atoms with van der Waals surface area (Å²) in [7, 11) is -7.89. The number of benzene rings is 1. The second kappa shape index (κ2) is 5.68. The predicted molar refractivity (Wildman–Crippen MR) is 69.9 cm³/mol. The zero-order valence-electron chi connectivity index (χ0n) is 9.96. The molecule has 0 heterocycles. The number of nitrogen functional groups attached to an aromatic ring is 1. The van der Waals surface area contributed by atoms with Crippen LogP contribution in [0.2, 0.25) is 0 Å². The second-order valence-corrected chi connectivity index (χ2v) is 7.61. The predicted octanol–water partition coefficient (Wildman–Crippen LogP) is 0.677. The highest BCUT2D eigenvalue weighted by Gasteiger charge is 2.21. The number of nitrogens with two attached hydrogens (primary N) is 1. The number of rotatable bonds is 6. The Kier molecular flexibility index (Phi) is 4.71. The van der Waals surface area contributed by atoms with Crippen molar-refractivity contribution < 1.29 is 16.8 Å². The Balaban J connectivity index is 2.92. The van der Waals surface area contributed by atoms with Crippen LogP contribution in [-0.2, 0) is 20.0 Å². The van der Waals surface area contributed by atoms with E-state index in [1.807, 2.05) is 6.92 Å². The normalized spacial score (nSPS) is 12.5. The van der Waals surface area contributed by atoms with Crippen molar-refractivity contribution in [3.05, 3.63) is 24.3 Å². The van der Waals surface area contributed by atoms with E-state index in [-0.39, 0.29) is 10.6 Å². The Morgan fingerprint density at radius 2 is 1.67 bits per heavy atom. The minimum absolute atomic E-state index is 0.128. The molecule has 0 fully saturated rings. The van der Waals surface area contributed by atoms with E-state index in [1.165, 1.54) is 24.3 Å². The van der Waals surface area contributed by atoms with Crippen molar-refractivity contribution in [2.75, 3.05) is 11.5 Å². The molecule has 0 aliphatic rings. The lowest BCUT2D eigenvalue weighted by Crippen LogP contribution is -2.32. The molecule has 102 valence electrons. The fraction of sp³-hybridized carbons (Fsp3) is 0.400. The van der Waals surface area contributed by atoms with Gasteiger partial charge in [-0.3, -0.25) is 0 Å². The largest absolute Gasteiger partial charge is 0.399 e. The van der Waals surface area contributed by atoms with Gasteiger partial charge in [0.15, 0.2) is 0 Å². The van der Waals surface area contributed by atoms with Gasteiger partial charge in [0.05, 0.1) is 10.6 Å². The van der Waals surface area contributed by atoms with Crippen molar-refractivity contribution in [1.82, 2.24) is 4.13 Å². The van der Waals surface area contributed by atoms with Crippen LogP contribution in [-0.4, -0.2) is 22.6 Å². The average Bonchev–Trinajstić information content (AvgIpc) is 2.25. The van der Waals surface area contributed by atoms with E-state index in [2.05, 4.69) is 0 Å². The fourth-order valence-corrected chi connectivity index (χ4v) is 4.46. The lowest BCUT2D eigenvalue weighted by atomic mass is 10.3. The minimum Gasteiger partial charge on any atom is -0.399 e. The van der Waals surface area contributed by atoms with E-state index in [0.717, 1.165) is 0 Å². The van der Waals surface area contributed by atoms with Gasteiger partial charge in [-0.05, 0) is 30.7 Å². The molecule has 3 N–H and O–H groups in total. The van der Waals surface area contributed by atoms with Gasteiger partial charge in [0.2, 0.25) is 10.0 Å². The Morgan fingerprint density at radius 3 is 2.17 bits per heavy atom. The van der Waals surface area contributed by atoms with Gasteiger partial charge >= 0.3 is 0 Å². The molecule has 18 heavy (non-hydrogen) atoms. The fourth-order valence-electron chi connectivity index (χ4n) is 1.24. The molecule has 1 aromatic carbocycles. The molecule has 8 heteroatoms. The Bertz CT molecular complexity index is 591. The maximum Gasteiger partial charge on any atom is 0.253 e. The first kappa shape index (κ1) is 14.9. The van der Waals surface area contributed by atoms with E-state index in [4.69, 9.17) is 5.73 Å². The molecule has 0 bridgehead atoms. The van der Waals surface area contributed by atoms with Crippen LogP contribution >= 0.6 is 0 Å². The summed E-state index contributed by atoms with van der Waals surface area (Å²) >= 11 is 0. The van der Waals surface area contributed by atoms with E-state index < -0.39 is 20.0 Å². The summed E-state index contributed by atoms with van der Waals surface area (Å²) in [6, 6.07) is 5.31. The van der Waals surface area contributed by atoms with E-state index >= 15 is 0 Å². The molecule has 0 saturated heterocycles. The van der Waals surface area contributed by atoms with Crippen LogP contribution in [0.5, 0.6) is 0 Å². The van der Waals surface area contributed by atoms with Crippen LogP contribution in [0.3, 0.4) is 0 Å². The molecule has 0 aliphatic carbocycles. The van der Waals surface area contributed by atoms with E-state index in [0.29, 0.717) is 18.5 Å². The summed E-state index contributed by atoms with van der Waals surface area (Å²) in [6.45, 7) is 1.82. The van der Waals surface area contributed by atoms with Gasteiger partial charge < -0.3 is 5.73 Å². The Labute approximate surface area is 107 Å². The summed E-state index contributed by atoms with van der Waals surface area (Å²) < 4.78 is 48.3. The number of unbranched alkanes of at least 4 members (excludes halogenated alkanes) is 1. The third-order valence-electron chi connectivity index (χ3n) is 2.19. The number of hydrogen-bond acceptors (Lipinski definition) is 5. The summed E-state index contributed by atoms with van der Waals surface area (Å²) in [6.07, 6.45) is 1.08. The van der Waals surface area contributed by atoms with Crippen molar-refractivity contribution in [3.63, 3.8) is 0 Å². The van der Waals surface area contributed by atoms with Crippen LogP contribution in [0.1, 0.15) is 19.8 Å². The molecule has 0 aliphatic heterocycles. The molecule has 0 unspecified atom stereocenters. The van der Waals surface area contributed by atoms with Crippen molar-refractivity contribution in [2.24, 2.45) is 0 Å². The first-order chi connectivity index (χ1) is 8.27. The van der Waals surface area contributed by atoms with Crippen LogP contribution in [0, 0.1) is 0 Å². The van der Waals surface area contributed by atoms with Crippen LogP contribution in [0.25, 0.3) is 0 Å². The van der Waals surface area contributed by atoms with Gasteiger partial charge in [0.25, 0.3) is 10.0 Å². The smallest absolute Gasteiger partial charge is 0.253 e. The van der Waals surface area contributed by atoms with Gasteiger partial charge in [0.1, 0.15) is 0 Å². The van der Waals surface area contributed by atoms with Crippen LogP contribution in [0.4, 0.5) is 5.69 Å². The highest BCUT2D eigenvalue weighted by atomic mass is 32.3. The standard InChI is InChI=1S/C10H16N2O4S2/c1-2-3-8-17(13,14)12-18(15,16)10-6-4-9(11)5-7-10/h4-7,12H,2-3,8,11H2,1H3. The second-order valence-electron chi connectivity index (χ2n) is 3.83. The van der Waals surface area contributed by atoms with Crippen molar-refractivity contribution in [3.8, 4) is 0 Å². The summed E-state index contributed by atoms with van der Waals surface area (Å²) in [5.74, 6) is -0.211. The Hall–Kier alpha value is -1.12. The van der Waals surface area contributed by atoms with Crippen LogP contribution < -0.4 is 9.86 Å². The van der Waals surface area contributed by atoms with Gasteiger partial charge in [-0.1, -0.05) is 13.3 Å². The lowest BCUT2D eigenvalue weighted by Gasteiger charge is -2.07. The highest BCUT2D eigenvalue weighted by molar-refractivity contribution is 8.04. The topological polar surface area (TPSA) is 106 Å². The summed E-state index contributed by atoms with van der Waals surface area (Å²) in [5, 5.41) is 0. The van der Waals surface area contributed by atoms with Gasteiger partial charge in [-0.25, -0.2) is 16.8 Å². The zero-order chi connectivity index (χ0) is 13.8. The SMILES string of the molecule is CCCCS(=O)(=O)NS(=O)(=O)c1ccc(N)cc1. The van der Waals surface area contributed by atoms with Crippen LogP contribution in [0.15, 0.2) is 29.2 Å². The number of nitrogens with one attached hydrogen (secondary N) is 1. The molecule has 0 atom stereocenters. The molecule has 6 nitrogen and oxygen atoms in total. The Morgan fingerprint density at radius 1 is 1.11 bits per heavy atom. The lowest BCUT2D eigenvalue weighted by molar-refractivity contribution is 0.575. The molecular weight excluding hydrogens is 276 g/mol. The first-order valence-electron chi connectivity index (χ1n) is 5.38. The maximum atomic E-state index is 11.8. The molecule has 1 rings (SSSR count). The van der Waals surface area contributed by atoms with Crippen molar-refractivity contribution >= 4 is 25.7 Å². The molecule has 1 aromatic rings. The molecule has 0 amide bonds. The zero-order valence-corrected chi connectivity index (χ0v) is 11.6. The monoisotopic (exact) mass is 292 g/mol. The quantitative estimate of drug-likeness (QED) is 0.750. The summed E-state index contributed by atoms with van der Waals surface area (Å²) in [4.78, 5) is -0.128. The number of hydrogen-bond donors (Lipinski definition) is 2. The first-order valence-corrected chi connectivity index (χ1v) is 8.52. The van der Waals surface area contributed by atoms with Gasteiger partial charge in [-0.15, -0.1) is 4.13 Å². The molecular formula is C10H16N2O4S2. The molecule has 0 radical (unpaired) electrons. The summed E-state index contributed by atoms with van der Waals surface area (Å²) in [5.41, 5.74) is 5.83. The molecule has 0 saturated carbocycles. The molecule has 0 spiro atoms. The third-order valence-corrected chi connectivity index (χ3v) is 5.81.